The molecule has 0 aliphatic carbocycles. The number of halogens is 3. The highest BCUT2D eigenvalue weighted by molar-refractivity contribution is 6.43. The standard InChI is InChI=1S/C22H23F3N2O4/c1-13-7-6-8-17(20(27-30-5)21(28)29-4)18(13)12-31-26-15(3)16-10-9-14(2)19(11-16)22(23,24)25/h6-11H,12H2,1-5H3/b26-15+,27-20+. The van der Waals surface area contributed by atoms with Crippen molar-refractivity contribution >= 4 is 17.4 Å². The second-order valence-corrected chi connectivity index (χ2v) is 6.69. The van der Waals surface area contributed by atoms with E-state index in [1.54, 1.807) is 25.1 Å². The number of rotatable bonds is 7. The highest BCUT2D eigenvalue weighted by Crippen LogP contribution is 2.32. The van der Waals surface area contributed by atoms with Gasteiger partial charge in [0.15, 0.2) is 5.71 Å². The Morgan fingerprint density at radius 1 is 1.03 bits per heavy atom. The quantitative estimate of drug-likeness (QED) is 0.356. The molecule has 0 saturated heterocycles. The Balaban J connectivity index is 2.31. The minimum atomic E-state index is -4.46. The van der Waals surface area contributed by atoms with Crippen molar-refractivity contribution in [2.45, 2.75) is 33.6 Å². The third-order valence-corrected chi connectivity index (χ3v) is 4.60. The first kappa shape index (κ1) is 23.9. The third kappa shape index (κ3) is 5.84. The number of benzene rings is 2. The summed E-state index contributed by atoms with van der Waals surface area (Å²) in [6, 6.07) is 9.19. The van der Waals surface area contributed by atoms with Crippen molar-refractivity contribution in [2.24, 2.45) is 10.3 Å². The van der Waals surface area contributed by atoms with Gasteiger partial charge in [-0.2, -0.15) is 13.2 Å². The highest BCUT2D eigenvalue weighted by Gasteiger charge is 2.32. The fraction of sp³-hybridized carbons (Fsp3) is 0.318. The largest absolute Gasteiger partial charge is 0.464 e. The van der Waals surface area contributed by atoms with E-state index in [-0.39, 0.29) is 23.6 Å². The first-order valence-electron chi connectivity index (χ1n) is 9.23. The monoisotopic (exact) mass is 436 g/mol. The number of carbonyl (C=O) groups excluding carboxylic acids is 1. The van der Waals surface area contributed by atoms with Crippen LogP contribution < -0.4 is 0 Å². The van der Waals surface area contributed by atoms with Gasteiger partial charge in [-0.05, 0) is 43.5 Å². The number of alkyl halides is 3. The summed E-state index contributed by atoms with van der Waals surface area (Å²) in [5, 5.41) is 7.70. The minimum absolute atomic E-state index is 0.0404. The molecule has 0 unspecified atom stereocenters. The molecule has 31 heavy (non-hydrogen) atoms. The van der Waals surface area contributed by atoms with Crippen LogP contribution in [0.5, 0.6) is 0 Å². The fourth-order valence-corrected chi connectivity index (χ4v) is 2.90. The highest BCUT2D eigenvalue weighted by atomic mass is 19.4. The summed E-state index contributed by atoms with van der Waals surface area (Å²) < 4.78 is 44.2. The summed E-state index contributed by atoms with van der Waals surface area (Å²) in [7, 11) is 2.53. The van der Waals surface area contributed by atoms with Gasteiger partial charge in [0, 0.05) is 11.1 Å². The molecule has 2 rings (SSSR count). The van der Waals surface area contributed by atoms with Gasteiger partial charge in [0.25, 0.3) is 0 Å². The number of hydrogen-bond donors (Lipinski definition) is 0. The van der Waals surface area contributed by atoms with Gasteiger partial charge < -0.3 is 14.4 Å². The van der Waals surface area contributed by atoms with Crippen molar-refractivity contribution in [3.05, 3.63) is 69.8 Å². The van der Waals surface area contributed by atoms with Crippen LogP contribution in [0.4, 0.5) is 13.2 Å². The van der Waals surface area contributed by atoms with E-state index in [0.717, 1.165) is 11.6 Å². The third-order valence-electron chi connectivity index (χ3n) is 4.60. The van der Waals surface area contributed by atoms with Crippen molar-refractivity contribution in [3.8, 4) is 0 Å². The van der Waals surface area contributed by atoms with E-state index in [9.17, 15) is 18.0 Å². The van der Waals surface area contributed by atoms with Crippen LogP contribution in [0.2, 0.25) is 0 Å². The van der Waals surface area contributed by atoms with E-state index < -0.39 is 17.7 Å². The smallest absolute Gasteiger partial charge is 0.416 e. The zero-order valence-corrected chi connectivity index (χ0v) is 17.8. The molecular formula is C22H23F3N2O4. The summed E-state index contributed by atoms with van der Waals surface area (Å²) in [4.78, 5) is 22.2. The molecule has 2 aromatic rings. The zero-order valence-electron chi connectivity index (χ0n) is 17.8. The molecule has 0 radical (unpaired) electrons. The predicted molar refractivity (Wildman–Crippen MR) is 110 cm³/mol. The van der Waals surface area contributed by atoms with Crippen LogP contribution in [0.15, 0.2) is 46.7 Å². The lowest BCUT2D eigenvalue weighted by Gasteiger charge is -2.13. The first-order chi connectivity index (χ1) is 14.6. The molecule has 0 heterocycles. The van der Waals surface area contributed by atoms with Crippen molar-refractivity contribution in [1.82, 2.24) is 0 Å². The predicted octanol–water partition coefficient (Wildman–Crippen LogP) is 4.79. The second kappa shape index (κ2) is 10.1. The lowest BCUT2D eigenvalue weighted by Crippen LogP contribution is -2.20. The topological polar surface area (TPSA) is 69.5 Å². The Bertz CT molecular complexity index is 1010. The summed E-state index contributed by atoms with van der Waals surface area (Å²) in [6.45, 7) is 4.72. The molecule has 0 atom stereocenters. The van der Waals surface area contributed by atoms with Crippen LogP contribution in [0.1, 0.15) is 40.3 Å². The Morgan fingerprint density at radius 3 is 2.35 bits per heavy atom. The van der Waals surface area contributed by atoms with Gasteiger partial charge in [0.05, 0.1) is 18.4 Å². The average molecular weight is 436 g/mol. The zero-order chi connectivity index (χ0) is 23.2. The van der Waals surface area contributed by atoms with E-state index in [1.165, 1.54) is 27.2 Å². The van der Waals surface area contributed by atoms with E-state index >= 15 is 0 Å². The molecule has 9 heteroatoms. The maximum Gasteiger partial charge on any atom is 0.416 e. The summed E-state index contributed by atoms with van der Waals surface area (Å²) in [6.07, 6.45) is -4.46. The molecule has 0 saturated carbocycles. The number of ether oxygens (including phenoxy) is 1. The van der Waals surface area contributed by atoms with E-state index in [1.807, 2.05) is 13.0 Å². The number of nitrogens with zero attached hydrogens (tertiary/aromatic N) is 2. The fourth-order valence-electron chi connectivity index (χ4n) is 2.90. The van der Waals surface area contributed by atoms with E-state index in [2.05, 4.69) is 10.3 Å². The summed E-state index contributed by atoms with van der Waals surface area (Å²) in [5.74, 6) is -0.687. The van der Waals surface area contributed by atoms with Gasteiger partial charge in [-0.1, -0.05) is 40.6 Å². The number of oxime groups is 2. The lowest BCUT2D eigenvalue weighted by atomic mass is 9.99. The Kier molecular flexibility index (Phi) is 7.79. The maximum atomic E-state index is 13.2. The van der Waals surface area contributed by atoms with Gasteiger partial charge in [-0.3, -0.25) is 0 Å². The molecule has 0 spiro atoms. The van der Waals surface area contributed by atoms with E-state index in [0.29, 0.717) is 16.7 Å². The molecular weight excluding hydrogens is 413 g/mol. The van der Waals surface area contributed by atoms with Gasteiger partial charge in [-0.25, -0.2) is 4.79 Å². The molecule has 0 fully saturated rings. The normalized spacial score (nSPS) is 12.5. The van der Waals surface area contributed by atoms with Crippen molar-refractivity contribution in [3.63, 3.8) is 0 Å². The Labute approximate surface area is 178 Å². The summed E-state index contributed by atoms with van der Waals surface area (Å²) >= 11 is 0. The van der Waals surface area contributed by atoms with Crippen molar-refractivity contribution in [2.75, 3.05) is 14.2 Å². The van der Waals surface area contributed by atoms with Gasteiger partial charge in [-0.15, -0.1) is 0 Å². The molecule has 166 valence electrons. The van der Waals surface area contributed by atoms with Gasteiger partial charge in [0.1, 0.15) is 13.7 Å². The molecule has 0 aromatic heterocycles. The molecule has 0 aliphatic rings. The van der Waals surface area contributed by atoms with Crippen LogP contribution >= 0.6 is 0 Å². The average Bonchev–Trinajstić information content (AvgIpc) is 2.72. The Morgan fingerprint density at radius 2 is 1.74 bits per heavy atom. The van der Waals surface area contributed by atoms with Crippen LogP contribution in [0.25, 0.3) is 0 Å². The first-order valence-corrected chi connectivity index (χ1v) is 9.23. The van der Waals surface area contributed by atoms with Gasteiger partial charge >= 0.3 is 12.1 Å². The molecule has 0 aliphatic heterocycles. The van der Waals surface area contributed by atoms with E-state index in [4.69, 9.17) is 14.4 Å². The molecule has 6 nitrogen and oxygen atoms in total. The summed E-state index contributed by atoms with van der Waals surface area (Å²) in [5.41, 5.74) is 1.78. The molecule has 0 amide bonds. The number of aryl methyl sites for hydroxylation is 2. The minimum Gasteiger partial charge on any atom is -0.464 e. The number of hydrogen-bond acceptors (Lipinski definition) is 6. The van der Waals surface area contributed by atoms with Gasteiger partial charge in [0.2, 0.25) is 0 Å². The van der Waals surface area contributed by atoms with Crippen molar-refractivity contribution in [1.29, 1.82) is 0 Å². The van der Waals surface area contributed by atoms with Crippen molar-refractivity contribution < 1.29 is 32.4 Å². The molecule has 0 bridgehead atoms. The molecule has 2 aromatic carbocycles. The second-order valence-electron chi connectivity index (χ2n) is 6.69. The molecule has 0 N–H and O–H groups in total. The van der Waals surface area contributed by atoms with Crippen LogP contribution in [0, 0.1) is 13.8 Å². The number of methoxy groups -OCH3 is 1. The number of carbonyl (C=O) groups is 1. The Hall–Kier alpha value is -3.36. The lowest BCUT2D eigenvalue weighted by molar-refractivity contribution is -0.138. The van der Waals surface area contributed by atoms with Crippen LogP contribution in [0.3, 0.4) is 0 Å². The van der Waals surface area contributed by atoms with Crippen LogP contribution in [-0.4, -0.2) is 31.6 Å². The SMILES string of the molecule is CO/N=C(/C(=O)OC)c1cccc(C)c1CO/N=C(\C)c1ccc(C)c(C(F)(F)F)c1. The number of esters is 1. The van der Waals surface area contributed by atoms with Crippen LogP contribution in [-0.2, 0) is 32.0 Å². The maximum absolute atomic E-state index is 13.2.